The number of likely N-dealkylation sites (N-methyl/N-ethyl adjacent to an activating group) is 2. The number of hydrogen-bond acceptors (Lipinski definition) is 8. The molecule has 5 amide bonds. The Morgan fingerprint density at radius 3 is 1.94 bits per heavy atom. The van der Waals surface area contributed by atoms with Crippen molar-refractivity contribution in [1.82, 2.24) is 25.8 Å². The third-order valence-corrected chi connectivity index (χ3v) is 7.98. The summed E-state index contributed by atoms with van der Waals surface area (Å²) >= 11 is 0. The average Bonchev–Trinajstić information content (AvgIpc) is 3.04. The van der Waals surface area contributed by atoms with Crippen molar-refractivity contribution in [1.29, 1.82) is 0 Å². The SMILES string of the molecule is C=C(C)C(=O)O[C@H](CC(C)C)C(=O)N[C@@H](C)C(=O)N(C)[C@H](Cc1ccccc1)C(=O)N(C)CC(=O)N[C@H](C(=O)N[C@H](C)C(=O)O)[C@H](C)CC. The maximum atomic E-state index is 13.9. The highest BCUT2D eigenvalue weighted by atomic mass is 16.5. The van der Waals surface area contributed by atoms with Crippen LogP contribution in [0.15, 0.2) is 42.5 Å². The van der Waals surface area contributed by atoms with Crippen LogP contribution in [-0.2, 0) is 44.7 Å². The number of carboxylic acids is 1. The number of carbonyl (C=O) groups excluding carboxylic acids is 6. The molecule has 0 bridgehead atoms. The molecule has 272 valence electrons. The summed E-state index contributed by atoms with van der Waals surface area (Å²) in [5.41, 5.74) is 0.858. The van der Waals surface area contributed by atoms with E-state index >= 15 is 0 Å². The van der Waals surface area contributed by atoms with Crippen molar-refractivity contribution < 1.29 is 43.4 Å². The molecule has 0 aliphatic carbocycles. The first-order valence-corrected chi connectivity index (χ1v) is 16.3. The van der Waals surface area contributed by atoms with E-state index in [0.29, 0.717) is 6.42 Å². The highest BCUT2D eigenvalue weighted by molar-refractivity contribution is 5.96. The smallest absolute Gasteiger partial charge is 0.333 e. The fourth-order valence-electron chi connectivity index (χ4n) is 4.75. The van der Waals surface area contributed by atoms with Gasteiger partial charge in [-0.25, -0.2) is 4.79 Å². The number of rotatable bonds is 19. The molecule has 0 heterocycles. The molecule has 0 radical (unpaired) electrons. The summed E-state index contributed by atoms with van der Waals surface area (Å²) in [5.74, 6) is -5.49. The quantitative estimate of drug-likeness (QED) is 0.124. The maximum absolute atomic E-state index is 13.9. The van der Waals surface area contributed by atoms with Crippen LogP contribution in [0.25, 0.3) is 0 Å². The molecule has 14 heteroatoms. The van der Waals surface area contributed by atoms with E-state index in [1.54, 1.807) is 37.3 Å². The van der Waals surface area contributed by atoms with Crippen LogP contribution in [-0.4, -0.2) is 107 Å². The average molecular weight is 688 g/mol. The van der Waals surface area contributed by atoms with Gasteiger partial charge in [0.25, 0.3) is 5.91 Å². The Labute approximate surface area is 289 Å². The van der Waals surface area contributed by atoms with E-state index < -0.39 is 78.3 Å². The van der Waals surface area contributed by atoms with Gasteiger partial charge in [0.1, 0.15) is 24.2 Å². The first kappa shape index (κ1) is 42.3. The molecule has 4 N–H and O–H groups in total. The van der Waals surface area contributed by atoms with Crippen molar-refractivity contribution in [2.45, 2.75) is 98.0 Å². The van der Waals surface area contributed by atoms with Gasteiger partial charge in [-0.05, 0) is 44.6 Å². The van der Waals surface area contributed by atoms with Crippen molar-refractivity contribution in [3.05, 3.63) is 48.0 Å². The van der Waals surface area contributed by atoms with Crippen LogP contribution in [0.1, 0.15) is 66.9 Å². The van der Waals surface area contributed by atoms with Gasteiger partial charge < -0.3 is 35.6 Å². The van der Waals surface area contributed by atoms with Crippen molar-refractivity contribution in [2.24, 2.45) is 11.8 Å². The Morgan fingerprint density at radius 1 is 0.857 bits per heavy atom. The van der Waals surface area contributed by atoms with Crippen LogP contribution in [0.3, 0.4) is 0 Å². The van der Waals surface area contributed by atoms with Crippen molar-refractivity contribution >= 4 is 41.5 Å². The number of carbonyl (C=O) groups is 7. The standard InChI is InChI=1S/C35H53N5O9/c1-11-22(6)29(31(43)37-24(8)34(46)47)38-28(41)19-39(9)33(45)26(18-25-15-13-12-14-16-25)40(10)32(44)23(7)36-30(42)27(17-20(2)3)49-35(48)21(4)5/h12-16,20,22-24,26-27,29H,4,11,17-19H2,1-3,5-10H3,(H,36,42)(H,37,43)(H,38,41)(H,46,47)/t22-,23+,24-,26-,27-,29+/m1/s1. The Hall–Kier alpha value is -4.75. The van der Waals surface area contributed by atoms with E-state index in [-0.39, 0.29) is 30.3 Å². The number of hydrogen-bond donors (Lipinski definition) is 4. The second-order valence-electron chi connectivity index (χ2n) is 12.9. The van der Waals surface area contributed by atoms with E-state index in [2.05, 4.69) is 22.5 Å². The number of aliphatic carboxylic acids is 1. The number of nitrogens with one attached hydrogen (secondary N) is 3. The summed E-state index contributed by atoms with van der Waals surface area (Å²) in [7, 11) is 2.81. The predicted molar refractivity (Wildman–Crippen MR) is 183 cm³/mol. The van der Waals surface area contributed by atoms with Gasteiger partial charge in [-0.2, -0.15) is 0 Å². The molecule has 1 aromatic rings. The zero-order chi connectivity index (χ0) is 37.6. The van der Waals surface area contributed by atoms with Crippen molar-refractivity contribution in [3.8, 4) is 0 Å². The molecule has 0 aromatic heterocycles. The Balaban J connectivity index is 3.20. The van der Waals surface area contributed by atoms with Gasteiger partial charge in [-0.3, -0.25) is 28.8 Å². The molecule has 1 aromatic carbocycles. The number of nitrogens with zero attached hydrogens (tertiary/aromatic N) is 2. The molecule has 0 aliphatic heterocycles. The molecular formula is C35H53N5O9. The fraction of sp³-hybridized carbons (Fsp3) is 0.571. The largest absolute Gasteiger partial charge is 0.480 e. The summed E-state index contributed by atoms with van der Waals surface area (Å²) < 4.78 is 5.33. The van der Waals surface area contributed by atoms with Gasteiger partial charge in [0.05, 0.1) is 6.54 Å². The number of carboxylic acid groups (broad SMARTS) is 1. The summed E-state index contributed by atoms with van der Waals surface area (Å²) in [6, 6.07) is 4.52. The molecule has 6 atom stereocenters. The Morgan fingerprint density at radius 2 is 1.43 bits per heavy atom. The van der Waals surface area contributed by atoms with Gasteiger partial charge >= 0.3 is 11.9 Å². The fourth-order valence-corrected chi connectivity index (χ4v) is 4.75. The Kier molecular flexibility index (Phi) is 17.2. The number of benzene rings is 1. The van der Waals surface area contributed by atoms with E-state index in [0.717, 1.165) is 10.5 Å². The van der Waals surface area contributed by atoms with Crippen LogP contribution in [0.5, 0.6) is 0 Å². The molecule has 0 fully saturated rings. The predicted octanol–water partition coefficient (Wildman–Crippen LogP) is 1.67. The van der Waals surface area contributed by atoms with E-state index in [1.807, 2.05) is 20.8 Å². The monoisotopic (exact) mass is 687 g/mol. The molecule has 0 aliphatic rings. The van der Waals surface area contributed by atoms with Crippen molar-refractivity contribution in [3.63, 3.8) is 0 Å². The van der Waals surface area contributed by atoms with E-state index in [9.17, 15) is 38.7 Å². The molecule has 0 spiro atoms. The number of amides is 5. The normalized spacial score (nSPS) is 14.6. The van der Waals surface area contributed by atoms with Crippen LogP contribution in [0.4, 0.5) is 0 Å². The lowest BCUT2D eigenvalue weighted by atomic mass is 9.98. The summed E-state index contributed by atoms with van der Waals surface area (Å²) in [6.07, 6.45) is -0.359. The van der Waals surface area contributed by atoms with Gasteiger partial charge in [0.2, 0.25) is 23.6 Å². The van der Waals surface area contributed by atoms with E-state index in [4.69, 9.17) is 4.74 Å². The second kappa shape index (κ2) is 19.9. The molecule has 0 saturated carbocycles. The lowest BCUT2D eigenvalue weighted by molar-refractivity contribution is -0.154. The molecule has 1 rings (SSSR count). The molecule has 14 nitrogen and oxygen atoms in total. The molecule has 0 saturated heterocycles. The molecule has 0 unspecified atom stereocenters. The zero-order valence-electron chi connectivity index (χ0n) is 30.1. The summed E-state index contributed by atoms with van der Waals surface area (Å²) in [5, 5.41) is 16.8. The maximum Gasteiger partial charge on any atom is 0.333 e. The van der Waals surface area contributed by atoms with Crippen LogP contribution >= 0.6 is 0 Å². The lowest BCUT2D eigenvalue weighted by Crippen LogP contribution is -2.57. The Bertz CT molecular complexity index is 1350. The topological polar surface area (TPSA) is 192 Å². The minimum atomic E-state index is -1.23. The first-order valence-electron chi connectivity index (χ1n) is 16.3. The minimum Gasteiger partial charge on any atom is -0.480 e. The second-order valence-corrected chi connectivity index (χ2v) is 12.9. The van der Waals surface area contributed by atoms with Crippen LogP contribution in [0.2, 0.25) is 0 Å². The van der Waals surface area contributed by atoms with Crippen LogP contribution < -0.4 is 16.0 Å². The van der Waals surface area contributed by atoms with Crippen molar-refractivity contribution in [2.75, 3.05) is 20.6 Å². The lowest BCUT2D eigenvalue weighted by Gasteiger charge is -2.33. The van der Waals surface area contributed by atoms with Crippen LogP contribution in [0, 0.1) is 11.8 Å². The highest BCUT2D eigenvalue weighted by Gasteiger charge is 2.35. The third kappa shape index (κ3) is 13.7. The van der Waals surface area contributed by atoms with Gasteiger partial charge in [-0.15, -0.1) is 0 Å². The van der Waals surface area contributed by atoms with E-state index in [1.165, 1.54) is 39.8 Å². The molecular weight excluding hydrogens is 634 g/mol. The summed E-state index contributed by atoms with van der Waals surface area (Å²) in [4.78, 5) is 92.4. The molecule has 49 heavy (non-hydrogen) atoms. The highest BCUT2D eigenvalue weighted by Crippen LogP contribution is 2.15. The number of esters is 1. The zero-order valence-corrected chi connectivity index (χ0v) is 30.1. The van der Waals surface area contributed by atoms with Gasteiger partial charge in [-0.1, -0.05) is 71.0 Å². The van der Waals surface area contributed by atoms with Gasteiger partial charge in [0.15, 0.2) is 6.10 Å². The third-order valence-electron chi connectivity index (χ3n) is 7.98. The number of ether oxygens (including phenoxy) is 1. The minimum absolute atomic E-state index is 0.00823. The van der Waals surface area contributed by atoms with Gasteiger partial charge in [0, 0.05) is 26.1 Å². The summed E-state index contributed by atoms with van der Waals surface area (Å²) in [6.45, 7) is 14.6. The first-order chi connectivity index (χ1) is 22.8.